The lowest BCUT2D eigenvalue weighted by atomic mass is 10.1. The van der Waals surface area contributed by atoms with Crippen LogP contribution in [0, 0.1) is 5.82 Å². The predicted molar refractivity (Wildman–Crippen MR) is 107 cm³/mol. The van der Waals surface area contributed by atoms with Crippen molar-refractivity contribution in [3.05, 3.63) is 48.6 Å². The van der Waals surface area contributed by atoms with Gasteiger partial charge in [0.15, 0.2) is 17.6 Å². The molecule has 3 atom stereocenters. The van der Waals surface area contributed by atoms with Crippen LogP contribution in [0.3, 0.4) is 0 Å². The third-order valence-electron chi connectivity index (χ3n) is 5.58. The Morgan fingerprint density at radius 3 is 2.87 bits per heavy atom. The second kappa shape index (κ2) is 8.53. The minimum Gasteiger partial charge on any atom is -0.442 e. The third kappa shape index (κ3) is 3.94. The Morgan fingerprint density at radius 2 is 2.23 bits per heavy atom. The normalized spacial score (nSPS) is 24.3. The van der Waals surface area contributed by atoms with Crippen molar-refractivity contribution in [3.63, 3.8) is 0 Å². The van der Waals surface area contributed by atoms with Crippen molar-refractivity contribution in [2.24, 2.45) is 0 Å². The lowest BCUT2D eigenvalue weighted by Gasteiger charge is -2.37. The van der Waals surface area contributed by atoms with E-state index in [0.29, 0.717) is 18.7 Å². The molecule has 2 N–H and O–H groups in total. The number of carbonyl (C=O) groups is 2. The van der Waals surface area contributed by atoms with Crippen LogP contribution in [0.4, 0.5) is 20.6 Å². The van der Waals surface area contributed by atoms with Crippen LogP contribution in [0.1, 0.15) is 6.42 Å². The highest BCUT2D eigenvalue weighted by atomic mass is 19.1. The molecule has 0 aliphatic carbocycles. The van der Waals surface area contributed by atoms with E-state index in [1.807, 2.05) is 6.08 Å². The Balaban J connectivity index is 1.59. The van der Waals surface area contributed by atoms with Gasteiger partial charge in [0.25, 0.3) is 0 Å². The van der Waals surface area contributed by atoms with E-state index >= 15 is 4.39 Å². The molecule has 2 aromatic rings. The van der Waals surface area contributed by atoms with Gasteiger partial charge in [0.2, 0.25) is 0 Å². The van der Waals surface area contributed by atoms with Gasteiger partial charge in [-0.2, -0.15) is 0 Å². The number of carbonyl (C=O) groups excluding carboxylic acids is 2. The van der Waals surface area contributed by atoms with Crippen molar-refractivity contribution in [3.8, 4) is 0 Å². The molecule has 164 valence electrons. The first-order valence-corrected chi connectivity index (χ1v) is 9.92. The lowest BCUT2D eigenvalue weighted by Crippen LogP contribution is -2.60. The number of anilines is 1. The molecule has 3 heterocycles. The molecule has 11 heteroatoms. The first kappa shape index (κ1) is 21.1. The van der Waals surface area contributed by atoms with E-state index < -0.39 is 41.1 Å². The van der Waals surface area contributed by atoms with Gasteiger partial charge in [-0.05, 0) is 12.1 Å². The molecule has 0 radical (unpaired) electrons. The highest BCUT2D eigenvalue weighted by Crippen LogP contribution is 2.34. The Morgan fingerprint density at radius 1 is 1.39 bits per heavy atom. The van der Waals surface area contributed by atoms with Crippen LogP contribution < -0.4 is 9.38 Å². The minimum absolute atomic E-state index is 0.0809. The molecule has 0 saturated carbocycles. The summed E-state index contributed by atoms with van der Waals surface area (Å²) in [5, 5.41) is 26.7. The van der Waals surface area contributed by atoms with E-state index in [2.05, 4.69) is 10.3 Å². The van der Waals surface area contributed by atoms with Crippen LogP contribution >= 0.6 is 0 Å². The highest BCUT2D eigenvalue weighted by Gasteiger charge is 2.45. The molecule has 2 aliphatic heterocycles. The van der Waals surface area contributed by atoms with Crippen molar-refractivity contribution < 1.29 is 28.9 Å². The number of quaternary nitrogens is 1. The number of aliphatic hydroxyl groups excluding tert-OH is 2. The quantitative estimate of drug-likeness (QED) is 0.507. The van der Waals surface area contributed by atoms with Crippen LogP contribution in [0.25, 0.3) is 0 Å². The van der Waals surface area contributed by atoms with E-state index in [1.54, 1.807) is 23.0 Å². The summed E-state index contributed by atoms with van der Waals surface area (Å²) in [6.45, 7) is 0.215. The maximum Gasteiger partial charge on any atom is 0.414 e. The molecule has 1 aromatic heterocycles. The molecule has 1 aromatic carbocycles. The standard InChI is InChI=1S/C20H23FN5O5/c21-16-10-14(25-12-15(31-20(25)30)11-24-7-6-22-23-24)4-5-17(16)26(8-2-1-3-9-26)19(29)18(28)13-27/h1-2,4-7,10,15,18,27-28H,3,8-9,11-13H2/q+1/t15-,18-,26?/m0/s1. The Bertz CT molecular complexity index is 998. The number of benzene rings is 1. The SMILES string of the molecule is O=C1O[C@@H](Cn2ccnn2)CN1c1ccc([N+]2(C(=O)[C@@H](O)CO)CC=CCC2)c(F)c1. The fourth-order valence-electron chi connectivity index (χ4n) is 4.04. The summed E-state index contributed by atoms with van der Waals surface area (Å²) in [6, 6.07) is 4.18. The van der Waals surface area contributed by atoms with Gasteiger partial charge in [-0.25, -0.2) is 23.1 Å². The molecule has 10 nitrogen and oxygen atoms in total. The summed E-state index contributed by atoms with van der Waals surface area (Å²) in [6.07, 6.45) is 4.65. The van der Waals surface area contributed by atoms with Gasteiger partial charge in [-0.3, -0.25) is 4.90 Å². The number of cyclic esters (lactones) is 1. The summed E-state index contributed by atoms with van der Waals surface area (Å²) in [5.74, 6) is -1.36. The van der Waals surface area contributed by atoms with Crippen molar-refractivity contribution in [1.29, 1.82) is 0 Å². The Kier molecular flexibility index (Phi) is 5.81. The molecule has 1 unspecified atom stereocenters. The van der Waals surface area contributed by atoms with Crippen LogP contribution in [-0.2, 0) is 16.1 Å². The smallest absolute Gasteiger partial charge is 0.414 e. The number of aromatic nitrogens is 3. The number of nitrogens with zero attached hydrogens (tertiary/aromatic N) is 5. The first-order valence-electron chi connectivity index (χ1n) is 9.92. The van der Waals surface area contributed by atoms with Crippen LogP contribution in [0.5, 0.6) is 0 Å². The van der Waals surface area contributed by atoms with Gasteiger partial charge in [-0.1, -0.05) is 11.3 Å². The number of halogens is 1. The molecule has 0 bridgehead atoms. The molecule has 1 fully saturated rings. The summed E-state index contributed by atoms with van der Waals surface area (Å²) in [7, 11) is 0. The maximum absolute atomic E-state index is 15.3. The van der Waals surface area contributed by atoms with E-state index in [4.69, 9.17) is 4.74 Å². The van der Waals surface area contributed by atoms with Crippen molar-refractivity contribution in [2.45, 2.75) is 25.2 Å². The monoisotopic (exact) mass is 432 g/mol. The topological polar surface area (TPSA) is 118 Å². The molecule has 1 saturated heterocycles. The van der Waals surface area contributed by atoms with Gasteiger partial charge in [-0.15, -0.1) is 5.10 Å². The van der Waals surface area contributed by atoms with E-state index in [9.17, 15) is 19.8 Å². The molecule has 4 rings (SSSR count). The van der Waals surface area contributed by atoms with E-state index in [0.717, 1.165) is 0 Å². The average Bonchev–Trinajstić information content (AvgIpc) is 3.42. The van der Waals surface area contributed by atoms with Crippen LogP contribution in [-0.4, -0.2) is 75.7 Å². The average molecular weight is 432 g/mol. The molecule has 2 aliphatic rings. The van der Waals surface area contributed by atoms with Gasteiger partial charge < -0.3 is 14.9 Å². The molecule has 31 heavy (non-hydrogen) atoms. The zero-order valence-electron chi connectivity index (χ0n) is 16.7. The number of hydrogen-bond acceptors (Lipinski definition) is 7. The molecular formula is C20H23FN5O5+. The lowest BCUT2D eigenvalue weighted by molar-refractivity contribution is -0.141. The van der Waals surface area contributed by atoms with Crippen LogP contribution in [0.15, 0.2) is 42.7 Å². The second-order valence-corrected chi connectivity index (χ2v) is 7.55. The zero-order valence-corrected chi connectivity index (χ0v) is 16.7. The van der Waals surface area contributed by atoms with Crippen molar-refractivity contribution in [1.82, 2.24) is 19.5 Å². The number of rotatable bonds is 6. The Hall–Kier alpha value is -3.15. The van der Waals surface area contributed by atoms with Gasteiger partial charge in [0.1, 0.15) is 12.6 Å². The van der Waals surface area contributed by atoms with Gasteiger partial charge >= 0.3 is 12.0 Å². The molecule has 2 amide bonds. The predicted octanol–water partition coefficient (Wildman–Crippen LogP) is 0.590. The summed E-state index contributed by atoms with van der Waals surface area (Å²) in [4.78, 5) is 26.5. The molecule has 0 spiro atoms. The van der Waals surface area contributed by atoms with Crippen molar-refractivity contribution in [2.75, 3.05) is 31.1 Å². The van der Waals surface area contributed by atoms with Gasteiger partial charge in [0, 0.05) is 24.8 Å². The minimum atomic E-state index is -1.61. The van der Waals surface area contributed by atoms with Gasteiger partial charge in [0.05, 0.1) is 38.1 Å². The number of ether oxygens (including phenoxy) is 1. The number of hydrogen-bond donors (Lipinski definition) is 2. The van der Waals surface area contributed by atoms with E-state index in [-0.39, 0.29) is 25.3 Å². The summed E-state index contributed by atoms with van der Waals surface area (Å²) >= 11 is 0. The highest BCUT2D eigenvalue weighted by molar-refractivity contribution is 5.94. The summed E-state index contributed by atoms with van der Waals surface area (Å²) < 4.78 is 21.7. The molecular weight excluding hydrogens is 409 g/mol. The maximum atomic E-state index is 15.3. The third-order valence-corrected chi connectivity index (χ3v) is 5.58. The van der Waals surface area contributed by atoms with E-state index in [1.165, 1.54) is 23.2 Å². The number of aliphatic hydroxyl groups is 2. The van der Waals surface area contributed by atoms with Crippen LogP contribution in [0.2, 0.25) is 0 Å². The second-order valence-electron chi connectivity index (χ2n) is 7.55. The largest absolute Gasteiger partial charge is 0.442 e. The fraction of sp³-hybridized carbons (Fsp3) is 0.400. The number of amides is 2. The fourth-order valence-corrected chi connectivity index (χ4v) is 4.04. The Labute approximate surface area is 177 Å². The zero-order chi connectivity index (χ0) is 22.0. The van der Waals surface area contributed by atoms with Crippen molar-refractivity contribution >= 4 is 23.4 Å². The first-order chi connectivity index (χ1) is 14.9. The summed E-state index contributed by atoms with van der Waals surface area (Å²) in [5.41, 5.74) is 0.380.